The van der Waals surface area contributed by atoms with Crippen molar-refractivity contribution in [2.75, 3.05) is 0 Å². The minimum absolute atomic E-state index is 0.203. The van der Waals surface area contributed by atoms with Gasteiger partial charge < -0.3 is 10.6 Å². The molecule has 6 heteroatoms. The SMILES string of the molecule is CC1(NC(=S)NCc2ccc(-n3cnc4ccccc43)nc2)CC1. The molecule has 2 N–H and O–H groups in total. The number of hydrogen-bond acceptors (Lipinski definition) is 3. The number of para-hydroxylation sites is 2. The third kappa shape index (κ3) is 3.10. The van der Waals surface area contributed by atoms with E-state index >= 15 is 0 Å². The molecule has 1 aromatic carbocycles. The molecule has 0 aliphatic heterocycles. The lowest BCUT2D eigenvalue weighted by Crippen LogP contribution is -2.41. The number of thiocarbonyl (C=S) groups is 1. The number of rotatable bonds is 4. The van der Waals surface area contributed by atoms with E-state index in [0.29, 0.717) is 11.7 Å². The van der Waals surface area contributed by atoms with Crippen molar-refractivity contribution in [3.05, 3.63) is 54.5 Å². The first kappa shape index (κ1) is 15.1. The highest BCUT2D eigenvalue weighted by molar-refractivity contribution is 7.80. The molecular formula is C18H19N5S. The van der Waals surface area contributed by atoms with Gasteiger partial charge in [0.1, 0.15) is 12.1 Å². The first-order valence-corrected chi connectivity index (χ1v) is 8.47. The van der Waals surface area contributed by atoms with Crippen LogP contribution in [0, 0.1) is 0 Å². The summed E-state index contributed by atoms with van der Waals surface area (Å²) in [5.74, 6) is 0.860. The van der Waals surface area contributed by atoms with Crippen molar-refractivity contribution in [2.45, 2.75) is 31.8 Å². The fourth-order valence-corrected chi connectivity index (χ4v) is 2.94. The normalized spacial score (nSPS) is 15.2. The predicted octanol–water partition coefficient (Wildman–Crippen LogP) is 2.94. The molecule has 0 unspecified atom stereocenters. The van der Waals surface area contributed by atoms with Gasteiger partial charge in [-0.25, -0.2) is 9.97 Å². The van der Waals surface area contributed by atoms with E-state index in [4.69, 9.17) is 12.2 Å². The predicted molar refractivity (Wildman–Crippen MR) is 99.1 cm³/mol. The van der Waals surface area contributed by atoms with Crippen LogP contribution in [0.5, 0.6) is 0 Å². The Bertz CT molecular complexity index is 880. The zero-order chi connectivity index (χ0) is 16.6. The fraction of sp³-hybridized carbons (Fsp3) is 0.278. The lowest BCUT2D eigenvalue weighted by Gasteiger charge is -2.15. The summed E-state index contributed by atoms with van der Waals surface area (Å²) in [6.07, 6.45) is 6.05. The van der Waals surface area contributed by atoms with Gasteiger partial charge in [0.25, 0.3) is 0 Å². The second kappa shape index (κ2) is 5.87. The molecule has 0 spiro atoms. The molecule has 1 aliphatic carbocycles. The van der Waals surface area contributed by atoms with Crippen molar-refractivity contribution in [3.63, 3.8) is 0 Å². The highest BCUT2D eigenvalue weighted by Gasteiger charge is 2.37. The van der Waals surface area contributed by atoms with E-state index in [9.17, 15) is 0 Å². The number of nitrogens with zero attached hydrogens (tertiary/aromatic N) is 3. The number of benzene rings is 1. The molecule has 1 aliphatic rings. The zero-order valence-corrected chi connectivity index (χ0v) is 14.3. The van der Waals surface area contributed by atoms with Crippen LogP contribution in [0.1, 0.15) is 25.3 Å². The van der Waals surface area contributed by atoms with E-state index in [1.807, 2.05) is 41.1 Å². The van der Waals surface area contributed by atoms with Crippen LogP contribution in [-0.2, 0) is 6.54 Å². The highest BCUT2D eigenvalue weighted by Crippen LogP contribution is 2.34. The molecule has 0 amide bonds. The van der Waals surface area contributed by atoms with E-state index in [1.165, 1.54) is 12.8 Å². The minimum atomic E-state index is 0.203. The van der Waals surface area contributed by atoms with Gasteiger partial charge in [-0.15, -0.1) is 0 Å². The summed E-state index contributed by atoms with van der Waals surface area (Å²) >= 11 is 5.33. The quantitative estimate of drug-likeness (QED) is 0.717. The Morgan fingerprint density at radius 1 is 1.21 bits per heavy atom. The molecular weight excluding hydrogens is 318 g/mol. The Kier molecular flexibility index (Phi) is 3.69. The average molecular weight is 337 g/mol. The van der Waals surface area contributed by atoms with E-state index in [2.05, 4.69) is 33.6 Å². The maximum atomic E-state index is 5.33. The molecule has 0 bridgehead atoms. The third-order valence-electron chi connectivity index (χ3n) is 4.38. The summed E-state index contributed by atoms with van der Waals surface area (Å²) in [7, 11) is 0. The number of aromatic nitrogens is 3. The second-order valence-corrected chi connectivity index (χ2v) is 6.90. The lowest BCUT2D eigenvalue weighted by atomic mass is 10.2. The van der Waals surface area contributed by atoms with E-state index in [0.717, 1.165) is 22.4 Å². The summed E-state index contributed by atoms with van der Waals surface area (Å²) in [6.45, 7) is 2.85. The largest absolute Gasteiger partial charge is 0.359 e. The topological polar surface area (TPSA) is 54.8 Å². The maximum absolute atomic E-state index is 5.33. The van der Waals surface area contributed by atoms with Crippen molar-refractivity contribution in [1.82, 2.24) is 25.2 Å². The number of fused-ring (bicyclic) bond motifs is 1. The van der Waals surface area contributed by atoms with E-state index in [1.54, 1.807) is 6.33 Å². The number of pyridine rings is 1. The summed E-state index contributed by atoms with van der Waals surface area (Å²) < 4.78 is 1.99. The van der Waals surface area contributed by atoms with Crippen molar-refractivity contribution < 1.29 is 0 Å². The van der Waals surface area contributed by atoms with Gasteiger partial charge in [0.05, 0.1) is 11.0 Å². The van der Waals surface area contributed by atoms with Crippen molar-refractivity contribution >= 4 is 28.4 Å². The van der Waals surface area contributed by atoms with E-state index < -0.39 is 0 Å². The molecule has 24 heavy (non-hydrogen) atoms. The molecule has 1 saturated carbocycles. The Hall–Kier alpha value is -2.47. The average Bonchev–Trinajstić information content (AvgIpc) is 3.16. The summed E-state index contributed by atoms with van der Waals surface area (Å²) in [5, 5.41) is 7.29. The number of hydrogen-bond donors (Lipinski definition) is 2. The van der Waals surface area contributed by atoms with Crippen molar-refractivity contribution in [2.24, 2.45) is 0 Å². The van der Waals surface area contributed by atoms with Gasteiger partial charge in [0.2, 0.25) is 0 Å². The maximum Gasteiger partial charge on any atom is 0.166 e. The molecule has 0 radical (unpaired) electrons. The van der Waals surface area contributed by atoms with Gasteiger partial charge >= 0.3 is 0 Å². The first-order valence-electron chi connectivity index (χ1n) is 8.06. The van der Waals surface area contributed by atoms with Crippen LogP contribution in [0.2, 0.25) is 0 Å². The van der Waals surface area contributed by atoms with Gasteiger partial charge in [0.15, 0.2) is 5.11 Å². The standard InChI is InChI=1S/C18H19N5S/c1-18(8-9-18)22-17(24)20-11-13-6-7-16(19-10-13)23-12-21-14-4-2-3-5-15(14)23/h2-7,10,12H,8-9,11H2,1H3,(H2,20,22,24). The molecule has 1 fully saturated rings. The van der Waals surface area contributed by atoms with Gasteiger partial charge in [-0.2, -0.15) is 0 Å². The van der Waals surface area contributed by atoms with Gasteiger partial charge in [-0.3, -0.25) is 4.57 Å². The molecule has 0 atom stereocenters. The summed E-state index contributed by atoms with van der Waals surface area (Å²) in [6, 6.07) is 12.1. The van der Waals surface area contributed by atoms with Crippen LogP contribution in [0.25, 0.3) is 16.9 Å². The van der Waals surface area contributed by atoms with Crippen LogP contribution in [0.3, 0.4) is 0 Å². The number of nitrogens with one attached hydrogen (secondary N) is 2. The van der Waals surface area contributed by atoms with Gasteiger partial charge in [-0.05, 0) is 55.7 Å². The molecule has 5 nitrogen and oxygen atoms in total. The van der Waals surface area contributed by atoms with Crippen LogP contribution in [0.4, 0.5) is 0 Å². The molecule has 2 aromatic heterocycles. The zero-order valence-electron chi connectivity index (χ0n) is 13.5. The Morgan fingerprint density at radius 2 is 2.04 bits per heavy atom. The minimum Gasteiger partial charge on any atom is -0.359 e. The Labute approximate surface area is 146 Å². The molecule has 0 saturated heterocycles. The number of imidazole rings is 1. The lowest BCUT2D eigenvalue weighted by molar-refractivity contribution is 0.653. The Morgan fingerprint density at radius 3 is 2.79 bits per heavy atom. The molecule has 4 rings (SSSR count). The van der Waals surface area contributed by atoms with E-state index in [-0.39, 0.29) is 5.54 Å². The van der Waals surface area contributed by atoms with Crippen molar-refractivity contribution in [3.8, 4) is 5.82 Å². The third-order valence-corrected chi connectivity index (χ3v) is 4.62. The monoisotopic (exact) mass is 337 g/mol. The van der Waals surface area contributed by atoms with Crippen LogP contribution < -0.4 is 10.6 Å². The Balaban J connectivity index is 1.44. The van der Waals surface area contributed by atoms with Crippen LogP contribution in [0.15, 0.2) is 48.9 Å². The van der Waals surface area contributed by atoms with Gasteiger partial charge in [0, 0.05) is 18.3 Å². The summed E-state index contributed by atoms with van der Waals surface area (Å²) in [5.41, 5.74) is 3.32. The van der Waals surface area contributed by atoms with Crippen LogP contribution in [-0.4, -0.2) is 25.2 Å². The molecule has 122 valence electrons. The summed E-state index contributed by atoms with van der Waals surface area (Å²) in [4.78, 5) is 8.96. The van der Waals surface area contributed by atoms with Crippen LogP contribution >= 0.6 is 12.2 Å². The second-order valence-electron chi connectivity index (χ2n) is 6.50. The smallest absolute Gasteiger partial charge is 0.166 e. The molecule has 3 aromatic rings. The van der Waals surface area contributed by atoms with Gasteiger partial charge in [-0.1, -0.05) is 18.2 Å². The highest BCUT2D eigenvalue weighted by atomic mass is 32.1. The fourth-order valence-electron chi connectivity index (χ4n) is 2.62. The van der Waals surface area contributed by atoms with Crippen molar-refractivity contribution in [1.29, 1.82) is 0 Å². The first-order chi connectivity index (χ1) is 11.6. The molecule has 2 heterocycles.